The Morgan fingerprint density at radius 2 is 2.00 bits per heavy atom. The highest BCUT2D eigenvalue weighted by atomic mass is 16.4. The molecule has 0 saturated carbocycles. The third kappa shape index (κ3) is 2.44. The zero-order chi connectivity index (χ0) is 15.0. The van der Waals surface area contributed by atoms with E-state index in [0.717, 1.165) is 9.80 Å². The summed E-state index contributed by atoms with van der Waals surface area (Å²) < 4.78 is 0. The van der Waals surface area contributed by atoms with E-state index in [9.17, 15) is 24.3 Å². The molecule has 2 N–H and O–H groups in total. The van der Waals surface area contributed by atoms with Gasteiger partial charge in [0.25, 0.3) is 5.91 Å². The Morgan fingerprint density at radius 3 is 2.50 bits per heavy atom. The molecule has 2 rings (SSSR count). The molecular weight excluding hydrogens is 270 g/mol. The first-order chi connectivity index (χ1) is 9.31. The molecule has 0 aromatic heterocycles. The number of amides is 4. The molecule has 0 bridgehead atoms. The number of β-amino-alcohol motifs (C(OH)–C–C–N with tert-alkyl or cyclic N) is 1. The molecule has 2 heterocycles. The second-order valence-corrected chi connectivity index (χ2v) is 4.91. The van der Waals surface area contributed by atoms with Crippen LogP contribution in [0.5, 0.6) is 0 Å². The molecule has 2 atom stereocenters. The van der Waals surface area contributed by atoms with E-state index in [2.05, 4.69) is 0 Å². The van der Waals surface area contributed by atoms with E-state index in [0.29, 0.717) is 0 Å². The van der Waals surface area contributed by atoms with Crippen LogP contribution in [0.15, 0.2) is 0 Å². The minimum Gasteiger partial charge on any atom is -0.480 e. The van der Waals surface area contributed by atoms with Gasteiger partial charge in [0.2, 0.25) is 5.91 Å². The first kappa shape index (κ1) is 14.3. The number of carbonyl (C=O) groups excluding carboxylic acids is 3. The summed E-state index contributed by atoms with van der Waals surface area (Å²) in [6.45, 7) is -0.711. The van der Waals surface area contributed by atoms with E-state index >= 15 is 0 Å². The van der Waals surface area contributed by atoms with Gasteiger partial charge in [-0.2, -0.15) is 0 Å². The monoisotopic (exact) mass is 285 g/mol. The normalized spacial score (nSPS) is 26.6. The third-order valence-electron chi connectivity index (χ3n) is 3.41. The Bertz CT molecular complexity index is 479. The number of aliphatic hydroxyl groups excluding tert-OH is 1. The van der Waals surface area contributed by atoms with Crippen LogP contribution in [0.2, 0.25) is 0 Å². The van der Waals surface area contributed by atoms with Crippen LogP contribution in [0.4, 0.5) is 4.79 Å². The molecule has 0 aliphatic carbocycles. The Balaban J connectivity index is 2.06. The lowest BCUT2D eigenvalue weighted by Gasteiger charge is -2.23. The first-order valence-corrected chi connectivity index (χ1v) is 6.07. The van der Waals surface area contributed by atoms with Crippen molar-refractivity contribution in [2.24, 2.45) is 0 Å². The standard InChI is InChI=1S/C11H15N3O6/c1-12-4-8(16)14(11(12)20)5-9(17)13-3-6(15)2-7(13)10(18)19/h6-7,15H,2-5H2,1H3,(H,18,19)/t6-,7-/m1/s1. The van der Waals surface area contributed by atoms with Crippen LogP contribution in [0.25, 0.3) is 0 Å². The van der Waals surface area contributed by atoms with Crippen LogP contribution in [0, 0.1) is 0 Å². The van der Waals surface area contributed by atoms with Crippen LogP contribution in [-0.4, -0.2) is 87.6 Å². The molecule has 0 radical (unpaired) electrons. The predicted octanol–water partition coefficient (Wildman–Crippen LogP) is -2.07. The summed E-state index contributed by atoms with van der Waals surface area (Å²) in [5.41, 5.74) is 0. The predicted molar refractivity (Wildman–Crippen MR) is 63.5 cm³/mol. The van der Waals surface area contributed by atoms with Crippen LogP contribution >= 0.6 is 0 Å². The lowest BCUT2D eigenvalue weighted by atomic mass is 10.2. The average molecular weight is 285 g/mol. The molecular formula is C11H15N3O6. The van der Waals surface area contributed by atoms with Crippen molar-refractivity contribution in [1.82, 2.24) is 14.7 Å². The molecule has 9 nitrogen and oxygen atoms in total. The number of carbonyl (C=O) groups is 4. The summed E-state index contributed by atoms with van der Waals surface area (Å²) in [7, 11) is 1.43. The van der Waals surface area contributed by atoms with Gasteiger partial charge in [-0.25, -0.2) is 9.59 Å². The Morgan fingerprint density at radius 1 is 1.35 bits per heavy atom. The van der Waals surface area contributed by atoms with Crippen molar-refractivity contribution in [1.29, 1.82) is 0 Å². The minimum absolute atomic E-state index is 0.0527. The van der Waals surface area contributed by atoms with Crippen molar-refractivity contribution in [3.05, 3.63) is 0 Å². The highest BCUT2D eigenvalue weighted by Crippen LogP contribution is 2.19. The number of aliphatic hydroxyl groups is 1. The summed E-state index contributed by atoms with van der Waals surface area (Å²) in [5, 5.41) is 18.5. The summed E-state index contributed by atoms with van der Waals surface area (Å²) in [6.07, 6.45) is -0.962. The van der Waals surface area contributed by atoms with E-state index in [-0.39, 0.29) is 19.5 Å². The van der Waals surface area contributed by atoms with Gasteiger partial charge in [-0.05, 0) is 0 Å². The fraction of sp³-hybridized carbons (Fsp3) is 0.636. The van der Waals surface area contributed by atoms with Gasteiger partial charge in [-0.15, -0.1) is 0 Å². The fourth-order valence-corrected chi connectivity index (χ4v) is 2.37. The number of hydrogen-bond acceptors (Lipinski definition) is 5. The fourth-order valence-electron chi connectivity index (χ4n) is 2.37. The van der Waals surface area contributed by atoms with Gasteiger partial charge < -0.3 is 20.0 Å². The minimum atomic E-state index is -1.22. The molecule has 0 aromatic rings. The zero-order valence-corrected chi connectivity index (χ0v) is 10.9. The lowest BCUT2D eigenvalue weighted by molar-refractivity contribution is -0.148. The second-order valence-electron chi connectivity index (χ2n) is 4.91. The maximum atomic E-state index is 12.0. The number of nitrogens with zero attached hydrogens (tertiary/aromatic N) is 3. The van der Waals surface area contributed by atoms with E-state index in [1.165, 1.54) is 11.9 Å². The number of likely N-dealkylation sites (tertiary alicyclic amines) is 1. The van der Waals surface area contributed by atoms with Crippen LogP contribution in [-0.2, 0) is 14.4 Å². The molecule has 0 spiro atoms. The van der Waals surface area contributed by atoms with Gasteiger partial charge in [0.1, 0.15) is 19.1 Å². The van der Waals surface area contributed by atoms with E-state index in [1.54, 1.807) is 0 Å². The third-order valence-corrected chi connectivity index (χ3v) is 3.41. The lowest BCUT2D eigenvalue weighted by Crippen LogP contribution is -2.47. The molecule has 110 valence electrons. The van der Waals surface area contributed by atoms with Crippen molar-refractivity contribution in [2.75, 3.05) is 26.7 Å². The highest BCUT2D eigenvalue weighted by molar-refractivity contribution is 6.04. The molecule has 20 heavy (non-hydrogen) atoms. The van der Waals surface area contributed by atoms with Crippen LogP contribution < -0.4 is 0 Å². The summed E-state index contributed by atoms with van der Waals surface area (Å²) in [6, 6.07) is -1.71. The number of likely N-dealkylation sites (N-methyl/N-ethyl adjacent to an activating group) is 1. The van der Waals surface area contributed by atoms with Gasteiger partial charge in [0, 0.05) is 20.0 Å². The van der Waals surface area contributed by atoms with E-state index in [4.69, 9.17) is 5.11 Å². The SMILES string of the molecule is CN1CC(=O)N(CC(=O)N2C[C@H](O)C[C@@H]2C(=O)O)C1=O. The quantitative estimate of drug-likeness (QED) is 0.575. The molecule has 9 heteroatoms. The Hall–Kier alpha value is -2.16. The molecule has 2 saturated heterocycles. The molecule has 2 aliphatic heterocycles. The molecule has 0 unspecified atom stereocenters. The summed E-state index contributed by atoms with van der Waals surface area (Å²) in [5.74, 6) is -2.38. The van der Waals surface area contributed by atoms with Gasteiger partial charge in [0.15, 0.2) is 0 Å². The maximum absolute atomic E-state index is 12.0. The number of hydrogen-bond donors (Lipinski definition) is 2. The second kappa shape index (κ2) is 5.08. The zero-order valence-electron chi connectivity index (χ0n) is 10.9. The van der Waals surface area contributed by atoms with Crippen LogP contribution in [0.3, 0.4) is 0 Å². The van der Waals surface area contributed by atoms with E-state index in [1.807, 2.05) is 0 Å². The topological polar surface area (TPSA) is 118 Å². The first-order valence-electron chi connectivity index (χ1n) is 6.07. The van der Waals surface area contributed by atoms with Crippen molar-refractivity contribution in [3.63, 3.8) is 0 Å². The average Bonchev–Trinajstić information content (AvgIpc) is 2.85. The van der Waals surface area contributed by atoms with Crippen LogP contribution in [0.1, 0.15) is 6.42 Å². The van der Waals surface area contributed by atoms with Gasteiger partial charge >= 0.3 is 12.0 Å². The number of rotatable bonds is 3. The Kier molecular flexibility index (Phi) is 3.62. The van der Waals surface area contributed by atoms with Crippen molar-refractivity contribution in [2.45, 2.75) is 18.6 Å². The number of carboxylic acid groups (broad SMARTS) is 1. The number of carboxylic acids is 1. The Labute approximate surface area is 114 Å². The van der Waals surface area contributed by atoms with Crippen molar-refractivity contribution >= 4 is 23.8 Å². The number of imide groups is 1. The number of aliphatic carboxylic acids is 1. The summed E-state index contributed by atoms with van der Waals surface area (Å²) in [4.78, 5) is 49.2. The largest absolute Gasteiger partial charge is 0.480 e. The summed E-state index contributed by atoms with van der Waals surface area (Å²) >= 11 is 0. The number of urea groups is 1. The molecule has 4 amide bonds. The highest BCUT2D eigenvalue weighted by Gasteiger charge is 2.42. The van der Waals surface area contributed by atoms with Gasteiger partial charge in [-0.3, -0.25) is 14.5 Å². The smallest absolute Gasteiger partial charge is 0.327 e. The van der Waals surface area contributed by atoms with Gasteiger partial charge in [-0.1, -0.05) is 0 Å². The molecule has 0 aromatic carbocycles. The van der Waals surface area contributed by atoms with Crippen molar-refractivity contribution < 1.29 is 29.4 Å². The van der Waals surface area contributed by atoms with E-state index < -0.39 is 42.5 Å². The maximum Gasteiger partial charge on any atom is 0.327 e. The molecule has 2 fully saturated rings. The molecule has 2 aliphatic rings. The van der Waals surface area contributed by atoms with Gasteiger partial charge in [0.05, 0.1) is 6.10 Å². The van der Waals surface area contributed by atoms with Crippen molar-refractivity contribution in [3.8, 4) is 0 Å².